The Morgan fingerprint density at radius 3 is 2.48 bits per heavy atom. The Morgan fingerprint density at radius 1 is 0.880 bits per heavy atom. The molecule has 2 aliphatic rings. The fraction of sp³-hybridized carbons (Fsp3) is 0.174. The van der Waals surface area contributed by atoms with Crippen molar-refractivity contribution >= 4 is 11.6 Å². The van der Waals surface area contributed by atoms with Crippen LogP contribution in [-0.4, -0.2) is 13.0 Å². The van der Waals surface area contributed by atoms with Crippen molar-refractivity contribution in [2.45, 2.75) is 18.8 Å². The Bertz CT molecular complexity index is 1020. The lowest BCUT2D eigenvalue weighted by Gasteiger charge is -2.32. The molecule has 1 amide bonds. The quantitative estimate of drug-likeness (QED) is 0.643. The highest BCUT2D eigenvalue weighted by atomic mass is 16.2. The molecule has 3 aromatic carbocycles. The fourth-order valence-electron chi connectivity index (χ4n) is 4.64. The first-order chi connectivity index (χ1) is 12.1. The van der Waals surface area contributed by atoms with Crippen LogP contribution in [0.25, 0.3) is 11.1 Å². The maximum absolute atomic E-state index is 13.1. The second kappa shape index (κ2) is 4.82. The molecule has 2 heteroatoms. The molecule has 5 rings (SSSR count). The maximum Gasteiger partial charge on any atom is 0.241 e. The summed E-state index contributed by atoms with van der Waals surface area (Å²) in [6.07, 6.45) is 0.885. The molecule has 2 nitrogen and oxygen atoms in total. The van der Waals surface area contributed by atoms with Crippen LogP contribution in [0, 0.1) is 0 Å². The van der Waals surface area contributed by atoms with Gasteiger partial charge in [0.25, 0.3) is 0 Å². The van der Waals surface area contributed by atoms with E-state index in [0.29, 0.717) is 0 Å². The molecule has 0 aromatic heterocycles. The third-order valence-electron chi connectivity index (χ3n) is 5.85. The van der Waals surface area contributed by atoms with Crippen LogP contribution in [0.2, 0.25) is 0 Å². The summed E-state index contributed by atoms with van der Waals surface area (Å²) in [5.41, 5.74) is 7.80. The minimum atomic E-state index is -0.566. The number of anilines is 1. The number of likely N-dealkylation sites (N-methyl/N-ethyl adjacent to an activating group) is 1. The predicted octanol–water partition coefficient (Wildman–Crippen LogP) is 4.54. The van der Waals surface area contributed by atoms with Crippen molar-refractivity contribution in [2.24, 2.45) is 0 Å². The smallest absolute Gasteiger partial charge is 0.241 e. The highest BCUT2D eigenvalue weighted by molar-refractivity contribution is 6.11. The lowest BCUT2D eigenvalue weighted by atomic mass is 9.68. The van der Waals surface area contributed by atoms with Gasteiger partial charge >= 0.3 is 0 Å². The van der Waals surface area contributed by atoms with E-state index in [2.05, 4.69) is 67.6 Å². The lowest BCUT2D eigenvalue weighted by molar-refractivity contribution is -0.121. The SMILES string of the molecule is CN1C(=O)C2(C)c3ccc(-c4ccccc4)cc3Cc3cccc1c32. The molecule has 1 aliphatic carbocycles. The van der Waals surface area contributed by atoms with E-state index in [0.717, 1.165) is 17.7 Å². The van der Waals surface area contributed by atoms with Gasteiger partial charge in [-0.05, 0) is 52.8 Å². The Hall–Kier alpha value is -2.87. The van der Waals surface area contributed by atoms with Crippen molar-refractivity contribution in [2.75, 3.05) is 11.9 Å². The molecule has 0 saturated heterocycles. The Morgan fingerprint density at radius 2 is 1.68 bits per heavy atom. The molecule has 0 N–H and O–H groups in total. The van der Waals surface area contributed by atoms with Gasteiger partial charge < -0.3 is 4.90 Å². The topological polar surface area (TPSA) is 20.3 Å². The number of hydrogen-bond acceptors (Lipinski definition) is 1. The van der Waals surface area contributed by atoms with E-state index in [4.69, 9.17) is 0 Å². The molecule has 3 aromatic rings. The summed E-state index contributed by atoms with van der Waals surface area (Å²) in [5, 5.41) is 0. The zero-order valence-corrected chi connectivity index (χ0v) is 14.4. The van der Waals surface area contributed by atoms with Gasteiger partial charge in [-0.1, -0.05) is 60.7 Å². The van der Waals surface area contributed by atoms with Crippen LogP contribution >= 0.6 is 0 Å². The minimum absolute atomic E-state index is 0.170. The molecule has 0 spiro atoms. The minimum Gasteiger partial charge on any atom is -0.314 e. The van der Waals surface area contributed by atoms with E-state index >= 15 is 0 Å². The molecule has 1 heterocycles. The van der Waals surface area contributed by atoms with Gasteiger partial charge in [0.2, 0.25) is 5.91 Å². The average Bonchev–Trinajstić information content (AvgIpc) is 2.86. The summed E-state index contributed by atoms with van der Waals surface area (Å²) in [5.74, 6) is 0.170. The van der Waals surface area contributed by atoms with Gasteiger partial charge in [0.1, 0.15) is 0 Å². The lowest BCUT2D eigenvalue weighted by Crippen LogP contribution is -2.39. The first-order valence-corrected chi connectivity index (χ1v) is 8.70. The molecule has 0 saturated carbocycles. The van der Waals surface area contributed by atoms with Crippen LogP contribution in [0.1, 0.15) is 29.2 Å². The van der Waals surface area contributed by atoms with Crippen molar-refractivity contribution < 1.29 is 4.79 Å². The number of hydrogen-bond donors (Lipinski definition) is 0. The second-order valence-electron chi connectivity index (χ2n) is 7.22. The van der Waals surface area contributed by atoms with E-state index in [1.165, 1.54) is 27.8 Å². The first-order valence-electron chi connectivity index (χ1n) is 8.70. The maximum atomic E-state index is 13.1. The highest BCUT2D eigenvalue weighted by Crippen LogP contribution is 2.51. The third kappa shape index (κ3) is 1.77. The van der Waals surface area contributed by atoms with E-state index in [1.54, 1.807) is 0 Å². The molecule has 25 heavy (non-hydrogen) atoms. The molecule has 1 aliphatic heterocycles. The van der Waals surface area contributed by atoms with Crippen molar-refractivity contribution in [1.82, 2.24) is 0 Å². The van der Waals surface area contributed by atoms with E-state index in [-0.39, 0.29) is 5.91 Å². The summed E-state index contributed by atoms with van der Waals surface area (Å²) in [6, 6.07) is 23.3. The van der Waals surface area contributed by atoms with E-state index < -0.39 is 5.41 Å². The van der Waals surface area contributed by atoms with Gasteiger partial charge in [0.15, 0.2) is 0 Å². The van der Waals surface area contributed by atoms with Gasteiger partial charge in [0, 0.05) is 12.7 Å². The normalized spacial score (nSPS) is 20.4. The summed E-state index contributed by atoms with van der Waals surface area (Å²) in [6.45, 7) is 2.08. The highest BCUT2D eigenvalue weighted by Gasteiger charge is 2.51. The fourth-order valence-corrected chi connectivity index (χ4v) is 4.64. The van der Waals surface area contributed by atoms with Crippen LogP contribution in [-0.2, 0) is 16.6 Å². The monoisotopic (exact) mass is 325 g/mol. The van der Waals surface area contributed by atoms with Gasteiger partial charge in [-0.3, -0.25) is 4.79 Å². The molecular formula is C23H19NO. The van der Waals surface area contributed by atoms with Gasteiger partial charge in [-0.15, -0.1) is 0 Å². The van der Waals surface area contributed by atoms with Crippen LogP contribution in [0.5, 0.6) is 0 Å². The van der Waals surface area contributed by atoms with Gasteiger partial charge in [-0.25, -0.2) is 0 Å². The number of nitrogens with zero attached hydrogens (tertiary/aromatic N) is 1. The van der Waals surface area contributed by atoms with Crippen LogP contribution < -0.4 is 4.90 Å². The number of rotatable bonds is 1. The standard InChI is InChI=1S/C23H19NO/c1-23-19-12-11-16(15-7-4-3-5-8-15)13-18(19)14-17-9-6-10-20(21(17)23)24(2)22(23)25/h3-13H,14H2,1-2H3. The Labute approximate surface area is 147 Å². The Balaban J connectivity index is 1.75. The first kappa shape index (κ1) is 14.5. The zero-order valence-electron chi connectivity index (χ0n) is 14.4. The largest absolute Gasteiger partial charge is 0.314 e. The van der Waals surface area contributed by atoms with Crippen molar-refractivity contribution in [3.63, 3.8) is 0 Å². The second-order valence-corrected chi connectivity index (χ2v) is 7.22. The number of fused-ring (bicyclic) bond motifs is 2. The zero-order chi connectivity index (χ0) is 17.2. The molecule has 1 unspecified atom stereocenters. The van der Waals surface area contributed by atoms with Crippen LogP contribution in [0.4, 0.5) is 5.69 Å². The van der Waals surface area contributed by atoms with Gasteiger partial charge in [0.05, 0.1) is 5.41 Å². The summed E-state index contributed by atoms with van der Waals surface area (Å²) < 4.78 is 0. The third-order valence-corrected chi connectivity index (χ3v) is 5.85. The number of amides is 1. The van der Waals surface area contributed by atoms with Crippen molar-refractivity contribution in [1.29, 1.82) is 0 Å². The Kier molecular flexibility index (Phi) is 2.79. The number of carbonyl (C=O) groups is 1. The summed E-state index contributed by atoms with van der Waals surface area (Å²) in [4.78, 5) is 15.0. The molecule has 122 valence electrons. The predicted molar refractivity (Wildman–Crippen MR) is 101 cm³/mol. The van der Waals surface area contributed by atoms with Crippen molar-refractivity contribution in [3.8, 4) is 11.1 Å². The average molecular weight is 325 g/mol. The molecule has 0 bridgehead atoms. The molecule has 1 atom stereocenters. The number of carbonyl (C=O) groups excluding carboxylic acids is 1. The van der Waals surface area contributed by atoms with E-state index in [1.807, 2.05) is 18.0 Å². The summed E-state index contributed by atoms with van der Waals surface area (Å²) in [7, 11) is 1.89. The van der Waals surface area contributed by atoms with E-state index in [9.17, 15) is 4.79 Å². The van der Waals surface area contributed by atoms with Crippen LogP contribution in [0.3, 0.4) is 0 Å². The van der Waals surface area contributed by atoms with Crippen LogP contribution in [0.15, 0.2) is 66.7 Å². The summed E-state index contributed by atoms with van der Waals surface area (Å²) >= 11 is 0. The molecule has 0 fully saturated rings. The molecule has 0 radical (unpaired) electrons. The van der Waals surface area contributed by atoms with Crippen molar-refractivity contribution in [3.05, 3.63) is 89.0 Å². The van der Waals surface area contributed by atoms with Gasteiger partial charge in [-0.2, -0.15) is 0 Å². The molecular weight excluding hydrogens is 306 g/mol. The number of benzene rings is 3.